The van der Waals surface area contributed by atoms with E-state index < -0.39 is 28.5 Å². The molecule has 8 nitrogen and oxygen atoms in total. The second-order valence-electron chi connectivity index (χ2n) is 9.23. The summed E-state index contributed by atoms with van der Waals surface area (Å²) in [6, 6.07) is 23.0. The van der Waals surface area contributed by atoms with Crippen LogP contribution in [0.25, 0.3) is 0 Å². The Morgan fingerprint density at radius 2 is 1.59 bits per heavy atom. The summed E-state index contributed by atoms with van der Waals surface area (Å²) in [5, 5.41) is 2.85. The highest BCUT2D eigenvalue weighted by atomic mass is 32.2. The fourth-order valence-electron chi connectivity index (χ4n) is 4.46. The molecule has 208 valence electrons. The Bertz CT molecular complexity index is 1360. The van der Waals surface area contributed by atoms with Gasteiger partial charge in [0.15, 0.2) is 0 Å². The van der Waals surface area contributed by atoms with Crippen LogP contribution in [0.2, 0.25) is 0 Å². The molecule has 0 radical (unpaired) electrons. The smallest absolute Gasteiger partial charge is 0.244 e. The largest absolute Gasteiger partial charge is 0.497 e. The van der Waals surface area contributed by atoms with Crippen molar-refractivity contribution in [2.75, 3.05) is 30.8 Å². The molecule has 2 amide bonds. The maximum Gasteiger partial charge on any atom is 0.244 e. The maximum absolute atomic E-state index is 14.1. The molecule has 0 bridgehead atoms. The molecule has 1 N–H and O–H groups in total. The van der Waals surface area contributed by atoms with Crippen LogP contribution in [0, 0.1) is 0 Å². The normalized spacial score (nSPS) is 11.9. The summed E-state index contributed by atoms with van der Waals surface area (Å²) in [7, 11) is -2.25. The molecule has 0 saturated heterocycles. The van der Waals surface area contributed by atoms with E-state index in [4.69, 9.17) is 4.74 Å². The van der Waals surface area contributed by atoms with Crippen LogP contribution in [0.3, 0.4) is 0 Å². The molecule has 3 rings (SSSR count). The first-order valence-electron chi connectivity index (χ1n) is 13.0. The Hall–Kier alpha value is -3.85. The van der Waals surface area contributed by atoms with Crippen molar-refractivity contribution in [1.82, 2.24) is 10.2 Å². The average Bonchev–Trinajstić information content (AvgIpc) is 2.93. The number of sulfonamides is 1. The van der Waals surface area contributed by atoms with Crippen molar-refractivity contribution >= 4 is 27.5 Å². The number of aryl methyl sites for hydroxylation is 1. The molecule has 3 aromatic rings. The van der Waals surface area contributed by atoms with Crippen LogP contribution in [-0.4, -0.2) is 57.6 Å². The Morgan fingerprint density at radius 1 is 0.923 bits per heavy atom. The summed E-state index contributed by atoms with van der Waals surface area (Å²) in [6.45, 7) is 3.80. The van der Waals surface area contributed by atoms with Gasteiger partial charge < -0.3 is 15.0 Å². The molecule has 0 aliphatic heterocycles. The van der Waals surface area contributed by atoms with E-state index in [-0.39, 0.29) is 18.9 Å². The van der Waals surface area contributed by atoms with Crippen molar-refractivity contribution in [3.8, 4) is 5.75 Å². The number of nitrogens with zero attached hydrogens (tertiary/aromatic N) is 2. The number of rotatable bonds is 13. The number of carbonyl (C=O) groups is 2. The van der Waals surface area contributed by atoms with Gasteiger partial charge in [-0.15, -0.1) is 0 Å². The number of ether oxygens (including phenoxy) is 1. The molecule has 9 heteroatoms. The number of methoxy groups -OCH3 is 1. The van der Waals surface area contributed by atoms with Crippen LogP contribution >= 0.6 is 0 Å². The lowest BCUT2D eigenvalue weighted by Gasteiger charge is -2.34. The minimum absolute atomic E-state index is 0.0949. The second-order valence-corrected chi connectivity index (χ2v) is 11.1. The van der Waals surface area contributed by atoms with Crippen molar-refractivity contribution < 1.29 is 22.7 Å². The fourth-order valence-corrected chi connectivity index (χ4v) is 5.34. The van der Waals surface area contributed by atoms with Gasteiger partial charge in [-0.1, -0.05) is 67.6 Å². The van der Waals surface area contributed by atoms with Gasteiger partial charge in [0, 0.05) is 19.5 Å². The maximum atomic E-state index is 14.1. The minimum atomic E-state index is -3.81. The third-order valence-electron chi connectivity index (χ3n) is 6.43. The Kier molecular flexibility index (Phi) is 10.5. The van der Waals surface area contributed by atoms with Gasteiger partial charge in [-0.3, -0.25) is 13.9 Å². The van der Waals surface area contributed by atoms with Crippen molar-refractivity contribution in [3.05, 3.63) is 95.6 Å². The lowest BCUT2D eigenvalue weighted by atomic mass is 10.0. The zero-order valence-electron chi connectivity index (χ0n) is 23.0. The van der Waals surface area contributed by atoms with E-state index in [2.05, 4.69) is 5.32 Å². The summed E-state index contributed by atoms with van der Waals surface area (Å²) < 4.78 is 32.4. The molecule has 39 heavy (non-hydrogen) atoms. The zero-order valence-corrected chi connectivity index (χ0v) is 23.8. The van der Waals surface area contributed by atoms with Gasteiger partial charge in [0.2, 0.25) is 21.8 Å². The van der Waals surface area contributed by atoms with Crippen LogP contribution < -0.4 is 14.4 Å². The first-order chi connectivity index (χ1) is 18.7. The number of nitrogens with one attached hydrogen (secondary N) is 1. The third-order valence-corrected chi connectivity index (χ3v) is 7.56. The minimum Gasteiger partial charge on any atom is -0.497 e. The van der Waals surface area contributed by atoms with Crippen LogP contribution in [0.5, 0.6) is 5.75 Å². The van der Waals surface area contributed by atoms with E-state index in [1.807, 2.05) is 68.4 Å². The summed E-state index contributed by atoms with van der Waals surface area (Å²) in [4.78, 5) is 29.0. The van der Waals surface area contributed by atoms with Gasteiger partial charge in [-0.05, 0) is 48.2 Å². The van der Waals surface area contributed by atoms with Crippen molar-refractivity contribution in [3.63, 3.8) is 0 Å². The van der Waals surface area contributed by atoms with E-state index in [1.54, 1.807) is 31.4 Å². The number of hydrogen-bond donors (Lipinski definition) is 1. The Morgan fingerprint density at radius 3 is 2.23 bits per heavy atom. The molecule has 0 saturated carbocycles. The number of likely N-dealkylation sites (N-methyl/N-ethyl adjacent to an activating group) is 1. The summed E-state index contributed by atoms with van der Waals surface area (Å²) in [6.07, 6.45) is 1.95. The van der Waals surface area contributed by atoms with E-state index in [0.29, 0.717) is 24.4 Å². The van der Waals surface area contributed by atoms with Crippen LogP contribution in [0.1, 0.15) is 30.5 Å². The molecule has 1 atom stereocenters. The highest BCUT2D eigenvalue weighted by Gasteiger charge is 2.33. The van der Waals surface area contributed by atoms with Crippen molar-refractivity contribution in [2.24, 2.45) is 0 Å². The van der Waals surface area contributed by atoms with Gasteiger partial charge in [0.1, 0.15) is 18.3 Å². The Balaban J connectivity index is 2.07. The molecule has 0 spiro atoms. The molecule has 0 aliphatic carbocycles. The first kappa shape index (κ1) is 29.7. The van der Waals surface area contributed by atoms with Gasteiger partial charge in [-0.25, -0.2) is 8.42 Å². The first-order valence-corrected chi connectivity index (χ1v) is 14.8. The zero-order chi connectivity index (χ0) is 28.4. The molecule has 0 fully saturated rings. The monoisotopic (exact) mass is 551 g/mol. The lowest BCUT2D eigenvalue weighted by Crippen LogP contribution is -2.53. The molecule has 0 aromatic heterocycles. The van der Waals surface area contributed by atoms with E-state index >= 15 is 0 Å². The molecular weight excluding hydrogens is 514 g/mol. The number of amides is 2. The summed E-state index contributed by atoms with van der Waals surface area (Å²) in [5.74, 6) is -0.175. The predicted octanol–water partition coefficient (Wildman–Crippen LogP) is 3.80. The number of anilines is 1. The van der Waals surface area contributed by atoms with Crippen LogP contribution in [0.4, 0.5) is 5.69 Å². The summed E-state index contributed by atoms with van der Waals surface area (Å²) in [5.41, 5.74) is 2.90. The van der Waals surface area contributed by atoms with Crippen LogP contribution in [-0.2, 0) is 39.0 Å². The van der Waals surface area contributed by atoms with Crippen LogP contribution in [0.15, 0.2) is 78.9 Å². The van der Waals surface area contributed by atoms with Gasteiger partial charge >= 0.3 is 0 Å². The number of para-hydroxylation sites is 1. The average molecular weight is 552 g/mol. The molecule has 0 aliphatic rings. The Labute approximate surface area is 231 Å². The predicted molar refractivity (Wildman–Crippen MR) is 154 cm³/mol. The highest BCUT2D eigenvalue weighted by Crippen LogP contribution is 2.25. The number of carbonyl (C=O) groups excluding carboxylic acids is 2. The van der Waals surface area contributed by atoms with E-state index in [9.17, 15) is 18.0 Å². The third kappa shape index (κ3) is 8.07. The lowest BCUT2D eigenvalue weighted by molar-refractivity contribution is -0.140. The quantitative estimate of drug-likeness (QED) is 0.349. The summed E-state index contributed by atoms with van der Waals surface area (Å²) >= 11 is 0. The highest BCUT2D eigenvalue weighted by molar-refractivity contribution is 7.92. The number of hydrogen-bond acceptors (Lipinski definition) is 5. The molecule has 3 aromatic carbocycles. The van der Waals surface area contributed by atoms with Gasteiger partial charge in [-0.2, -0.15) is 0 Å². The topological polar surface area (TPSA) is 96.0 Å². The van der Waals surface area contributed by atoms with E-state index in [0.717, 1.165) is 27.3 Å². The SMILES string of the molecule is CCNC(=O)C(Cc1ccccc1)N(Cc1cccc(OC)c1)C(=O)CN(c1ccccc1CC)S(C)(=O)=O. The number of benzene rings is 3. The van der Waals surface area contributed by atoms with Crippen molar-refractivity contribution in [1.29, 1.82) is 0 Å². The second kappa shape index (κ2) is 13.8. The fraction of sp³-hybridized carbons (Fsp3) is 0.333. The molecular formula is C30H37N3O5S. The standard InChI is InChI=1S/C30H37N3O5S/c1-5-25-16-10-11-18-27(25)33(39(4,36)37)22-29(34)32(21-24-15-12-17-26(19-24)38-3)28(30(35)31-6-2)20-23-13-8-7-9-14-23/h7-19,28H,5-6,20-22H2,1-4H3,(H,31,35). The van der Waals surface area contributed by atoms with Gasteiger partial charge in [0.05, 0.1) is 19.1 Å². The molecule has 0 heterocycles. The molecule has 1 unspecified atom stereocenters. The van der Waals surface area contributed by atoms with Gasteiger partial charge in [0.25, 0.3) is 0 Å². The van der Waals surface area contributed by atoms with Crippen molar-refractivity contribution in [2.45, 2.75) is 39.3 Å². The van der Waals surface area contributed by atoms with E-state index in [1.165, 1.54) is 4.90 Å².